The second-order valence-corrected chi connectivity index (χ2v) is 4.94. The molecule has 8 heteroatoms. The standard InChI is InChI=1S/C18H14F3NO4/c19-18(20,21)26-15-9-8-14(16(23)11-15)7-4-10-22-17(24)25-12-13-5-2-1-3-6-13/h1-3,5-6,8-9,11,23H,10,12H2,(H,22,24). The molecule has 0 unspecified atom stereocenters. The van der Waals surface area contributed by atoms with Gasteiger partial charge in [-0.3, -0.25) is 0 Å². The molecular formula is C18H14F3NO4. The van der Waals surface area contributed by atoms with Crippen LogP contribution in [0.5, 0.6) is 11.5 Å². The minimum Gasteiger partial charge on any atom is -0.507 e. The molecule has 0 fully saturated rings. The average molecular weight is 365 g/mol. The third kappa shape index (κ3) is 6.65. The van der Waals surface area contributed by atoms with E-state index in [0.29, 0.717) is 0 Å². The molecule has 1 amide bonds. The monoisotopic (exact) mass is 365 g/mol. The number of alkyl halides is 3. The van der Waals surface area contributed by atoms with E-state index in [4.69, 9.17) is 4.74 Å². The molecule has 0 bridgehead atoms. The van der Waals surface area contributed by atoms with Crippen LogP contribution >= 0.6 is 0 Å². The highest BCUT2D eigenvalue weighted by Crippen LogP contribution is 2.27. The Morgan fingerprint density at radius 1 is 1.15 bits per heavy atom. The van der Waals surface area contributed by atoms with Gasteiger partial charge in [0.2, 0.25) is 0 Å². The number of carbonyl (C=O) groups is 1. The third-order valence-corrected chi connectivity index (χ3v) is 2.96. The number of aromatic hydroxyl groups is 1. The van der Waals surface area contributed by atoms with Crippen LogP contribution in [0.25, 0.3) is 0 Å². The van der Waals surface area contributed by atoms with Gasteiger partial charge in [0, 0.05) is 6.07 Å². The van der Waals surface area contributed by atoms with Gasteiger partial charge in [-0.15, -0.1) is 13.2 Å². The van der Waals surface area contributed by atoms with Crippen LogP contribution < -0.4 is 10.1 Å². The Morgan fingerprint density at radius 3 is 2.54 bits per heavy atom. The summed E-state index contributed by atoms with van der Waals surface area (Å²) >= 11 is 0. The summed E-state index contributed by atoms with van der Waals surface area (Å²) in [6.45, 7) is 0.0510. The summed E-state index contributed by atoms with van der Waals surface area (Å²) in [4.78, 5) is 11.5. The maximum absolute atomic E-state index is 12.1. The topological polar surface area (TPSA) is 67.8 Å². The predicted molar refractivity (Wildman–Crippen MR) is 86.3 cm³/mol. The minimum atomic E-state index is -4.84. The molecule has 0 aliphatic carbocycles. The molecule has 136 valence electrons. The molecule has 0 saturated heterocycles. The van der Waals surface area contributed by atoms with E-state index in [2.05, 4.69) is 21.9 Å². The van der Waals surface area contributed by atoms with Crippen molar-refractivity contribution in [3.8, 4) is 23.3 Å². The first kappa shape index (κ1) is 19.0. The SMILES string of the molecule is O=C(NCC#Cc1ccc(OC(F)(F)F)cc1O)OCc1ccccc1. The van der Waals surface area contributed by atoms with Crippen molar-refractivity contribution in [3.05, 3.63) is 59.7 Å². The lowest BCUT2D eigenvalue weighted by atomic mass is 10.2. The highest BCUT2D eigenvalue weighted by Gasteiger charge is 2.31. The van der Waals surface area contributed by atoms with Crippen molar-refractivity contribution in [3.63, 3.8) is 0 Å². The number of hydrogen-bond acceptors (Lipinski definition) is 4. The molecule has 0 radical (unpaired) electrons. The van der Waals surface area contributed by atoms with Crippen molar-refractivity contribution in [2.45, 2.75) is 13.0 Å². The van der Waals surface area contributed by atoms with E-state index in [9.17, 15) is 23.1 Å². The maximum Gasteiger partial charge on any atom is 0.573 e. The Morgan fingerprint density at radius 2 is 1.88 bits per heavy atom. The number of carbonyl (C=O) groups excluding carboxylic acids is 1. The van der Waals surface area contributed by atoms with Crippen LogP contribution in [0.2, 0.25) is 0 Å². The fraction of sp³-hybridized carbons (Fsp3) is 0.167. The van der Waals surface area contributed by atoms with Crippen LogP contribution in [0.4, 0.5) is 18.0 Å². The quantitative estimate of drug-likeness (QED) is 0.813. The number of phenols is 1. The molecule has 2 rings (SSSR count). The first-order valence-electron chi connectivity index (χ1n) is 7.36. The summed E-state index contributed by atoms with van der Waals surface area (Å²) in [6, 6.07) is 12.1. The van der Waals surface area contributed by atoms with Crippen LogP contribution in [-0.2, 0) is 11.3 Å². The molecule has 2 aromatic rings. The first-order valence-corrected chi connectivity index (χ1v) is 7.36. The highest BCUT2D eigenvalue weighted by molar-refractivity contribution is 5.67. The largest absolute Gasteiger partial charge is 0.573 e. The summed E-state index contributed by atoms with van der Waals surface area (Å²) in [5.41, 5.74) is 0.929. The van der Waals surface area contributed by atoms with Crippen LogP contribution in [0.1, 0.15) is 11.1 Å². The second-order valence-electron chi connectivity index (χ2n) is 4.94. The van der Waals surface area contributed by atoms with Gasteiger partial charge in [0.15, 0.2) is 0 Å². The normalized spacial score (nSPS) is 10.4. The summed E-state index contributed by atoms with van der Waals surface area (Å²) in [5, 5.41) is 12.0. The zero-order valence-electron chi connectivity index (χ0n) is 13.3. The number of hydrogen-bond donors (Lipinski definition) is 2. The number of nitrogens with one attached hydrogen (secondary N) is 1. The number of benzene rings is 2. The summed E-state index contributed by atoms with van der Waals surface area (Å²) in [6.07, 6.45) is -5.51. The zero-order chi connectivity index (χ0) is 19.0. The van der Waals surface area contributed by atoms with Crippen molar-refractivity contribution in [2.75, 3.05) is 6.54 Å². The average Bonchev–Trinajstić information content (AvgIpc) is 2.58. The summed E-state index contributed by atoms with van der Waals surface area (Å²) in [7, 11) is 0. The molecule has 0 spiro atoms. The van der Waals surface area contributed by atoms with E-state index in [1.807, 2.05) is 30.3 Å². The zero-order valence-corrected chi connectivity index (χ0v) is 13.3. The van der Waals surface area contributed by atoms with Crippen molar-refractivity contribution in [1.29, 1.82) is 0 Å². The highest BCUT2D eigenvalue weighted by atomic mass is 19.4. The molecule has 2 aromatic carbocycles. The molecule has 0 heterocycles. The van der Waals surface area contributed by atoms with Crippen LogP contribution in [-0.4, -0.2) is 24.1 Å². The molecule has 2 N–H and O–H groups in total. The number of alkyl carbamates (subject to hydrolysis) is 1. The van der Waals surface area contributed by atoms with Crippen molar-refractivity contribution in [1.82, 2.24) is 5.32 Å². The summed E-state index contributed by atoms with van der Waals surface area (Å²) < 4.78 is 44.9. The number of amides is 1. The lowest BCUT2D eigenvalue weighted by molar-refractivity contribution is -0.274. The van der Waals surface area contributed by atoms with Gasteiger partial charge in [0.25, 0.3) is 0 Å². The minimum absolute atomic E-state index is 0.0616. The number of halogens is 3. The molecule has 0 aromatic heterocycles. The molecular weight excluding hydrogens is 351 g/mol. The van der Waals surface area contributed by atoms with E-state index < -0.39 is 24.0 Å². The van der Waals surface area contributed by atoms with Gasteiger partial charge < -0.3 is 19.9 Å². The molecule has 5 nitrogen and oxygen atoms in total. The second kappa shape index (κ2) is 8.67. The number of rotatable bonds is 4. The van der Waals surface area contributed by atoms with Crippen molar-refractivity contribution < 1.29 is 32.5 Å². The fourth-order valence-electron chi connectivity index (χ4n) is 1.84. The van der Waals surface area contributed by atoms with E-state index >= 15 is 0 Å². The van der Waals surface area contributed by atoms with E-state index in [0.717, 1.165) is 17.7 Å². The van der Waals surface area contributed by atoms with Gasteiger partial charge in [0.05, 0.1) is 12.1 Å². The Kier molecular flexibility index (Phi) is 6.33. The van der Waals surface area contributed by atoms with E-state index in [1.165, 1.54) is 6.07 Å². The third-order valence-electron chi connectivity index (χ3n) is 2.96. The van der Waals surface area contributed by atoms with Gasteiger partial charge in [-0.05, 0) is 17.7 Å². The maximum atomic E-state index is 12.1. The Balaban J connectivity index is 1.81. The Labute approximate surface area is 147 Å². The van der Waals surface area contributed by atoms with Gasteiger partial charge in [-0.25, -0.2) is 4.79 Å². The van der Waals surface area contributed by atoms with Gasteiger partial charge in [-0.2, -0.15) is 0 Å². The Bertz CT molecular complexity index is 811. The fourth-order valence-corrected chi connectivity index (χ4v) is 1.84. The van der Waals surface area contributed by atoms with Crippen molar-refractivity contribution >= 4 is 6.09 Å². The van der Waals surface area contributed by atoms with Crippen LogP contribution in [0.15, 0.2) is 48.5 Å². The Hall–Kier alpha value is -3.34. The molecule has 0 saturated carbocycles. The number of phenolic OH excluding ortho intramolecular Hbond substituents is 1. The molecule has 0 aliphatic heterocycles. The van der Waals surface area contributed by atoms with Gasteiger partial charge in [0.1, 0.15) is 18.1 Å². The van der Waals surface area contributed by atoms with E-state index in [1.54, 1.807) is 0 Å². The smallest absolute Gasteiger partial charge is 0.507 e. The van der Waals surface area contributed by atoms with Gasteiger partial charge in [-0.1, -0.05) is 42.2 Å². The lowest BCUT2D eigenvalue weighted by Crippen LogP contribution is -2.24. The van der Waals surface area contributed by atoms with Crippen LogP contribution in [0.3, 0.4) is 0 Å². The molecule has 0 atom stereocenters. The summed E-state index contributed by atoms with van der Waals surface area (Å²) in [5.74, 6) is 4.06. The van der Waals surface area contributed by atoms with Gasteiger partial charge >= 0.3 is 12.5 Å². The van der Waals surface area contributed by atoms with Crippen molar-refractivity contribution in [2.24, 2.45) is 0 Å². The van der Waals surface area contributed by atoms with Crippen LogP contribution in [0, 0.1) is 11.8 Å². The first-order chi connectivity index (χ1) is 12.3. The lowest BCUT2D eigenvalue weighted by Gasteiger charge is -2.09. The molecule has 0 aliphatic rings. The van der Waals surface area contributed by atoms with E-state index in [-0.39, 0.29) is 18.7 Å². The number of ether oxygens (including phenoxy) is 2. The predicted octanol–water partition coefficient (Wildman–Crippen LogP) is 3.57. The molecule has 26 heavy (non-hydrogen) atoms.